The maximum Gasteiger partial charge on any atom is 0.331 e. The van der Waals surface area contributed by atoms with Crippen LogP contribution in [0.2, 0.25) is 0 Å². The third kappa shape index (κ3) is 5.93. The lowest BCUT2D eigenvalue weighted by atomic mass is 9.47. The molecule has 4 aliphatic rings. The summed E-state index contributed by atoms with van der Waals surface area (Å²) in [6.45, 7) is 15.0. The number of carbonyl (C=O) groups excluding carboxylic acids is 1. The zero-order valence-corrected chi connectivity index (χ0v) is 27.3. The number of benzene rings is 1. The van der Waals surface area contributed by atoms with E-state index in [0.717, 1.165) is 66.3 Å². The SMILES string of the molecule is COc1cc(C=CC(=O)O[C@H]2CC[C@@]3(C)C(=CC[C@H]4[C@@H]5CC[C@H]([C@H](C)CC[C@H](C)C(C)C)[C@@]5(C)CC[C@@H]43)C2)ccc1O. The molecule has 4 nitrogen and oxygen atoms in total. The number of methoxy groups -OCH3 is 1. The van der Waals surface area contributed by atoms with Crippen molar-refractivity contribution in [1.29, 1.82) is 0 Å². The molecule has 1 N–H and O–H groups in total. The van der Waals surface area contributed by atoms with E-state index in [-0.39, 0.29) is 23.2 Å². The third-order valence-corrected chi connectivity index (χ3v) is 12.9. The van der Waals surface area contributed by atoms with Crippen LogP contribution in [0, 0.1) is 52.3 Å². The molecule has 0 radical (unpaired) electrons. The Morgan fingerprint density at radius 3 is 2.57 bits per heavy atom. The molecule has 0 heterocycles. The zero-order chi connectivity index (χ0) is 30.2. The lowest BCUT2D eigenvalue weighted by Crippen LogP contribution is -2.51. The first kappa shape index (κ1) is 31.2. The van der Waals surface area contributed by atoms with E-state index in [4.69, 9.17) is 9.47 Å². The van der Waals surface area contributed by atoms with Crippen LogP contribution in [-0.2, 0) is 9.53 Å². The highest BCUT2D eigenvalue weighted by Gasteiger charge is 2.59. The maximum atomic E-state index is 12.7. The Morgan fingerprint density at radius 2 is 1.83 bits per heavy atom. The van der Waals surface area contributed by atoms with Gasteiger partial charge in [0, 0.05) is 12.5 Å². The topological polar surface area (TPSA) is 55.8 Å². The first-order valence-corrected chi connectivity index (χ1v) is 16.9. The van der Waals surface area contributed by atoms with Gasteiger partial charge in [-0.15, -0.1) is 0 Å². The van der Waals surface area contributed by atoms with Crippen molar-refractivity contribution in [1.82, 2.24) is 0 Å². The smallest absolute Gasteiger partial charge is 0.331 e. The fourth-order valence-electron chi connectivity index (χ4n) is 9.93. The molecule has 1 aromatic carbocycles. The molecule has 0 spiro atoms. The molecule has 0 bridgehead atoms. The lowest BCUT2D eigenvalue weighted by molar-refractivity contribution is -0.145. The number of allylic oxidation sites excluding steroid dienone is 1. The van der Waals surface area contributed by atoms with Crippen molar-refractivity contribution in [2.24, 2.45) is 52.3 Å². The van der Waals surface area contributed by atoms with Crippen molar-refractivity contribution in [2.45, 2.75) is 112 Å². The summed E-state index contributed by atoms with van der Waals surface area (Å²) in [5.41, 5.74) is 3.09. The van der Waals surface area contributed by atoms with Crippen LogP contribution < -0.4 is 4.74 Å². The second kappa shape index (κ2) is 12.4. The van der Waals surface area contributed by atoms with Gasteiger partial charge in [0.2, 0.25) is 0 Å². The number of ether oxygens (including phenoxy) is 2. The fraction of sp³-hybridized carbons (Fsp3) is 0.711. The van der Waals surface area contributed by atoms with E-state index < -0.39 is 0 Å². The number of aromatic hydroxyl groups is 1. The maximum absolute atomic E-state index is 12.7. The Bertz CT molecular complexity index is 1180. The molecule has 42 heavy (non-hydrogen) atoms. The van der Waals surface area contributed by atoms with Gasteiger partial charge in [0.1, 0.15) is 6.10 Å². The average Bonchev–Trinajstić information content (AvgIpc) is 3.32. The molecule has 0 amide bonds. The Kier molecular flexibility index (Phi) is 9.22. The summed E-state index contributed by atoms with van der Waals surface area (Å²) in [5.74, 6) is 5.94. The Balaban J connectivity index is 1.21. The molecular weight excluding hydrogens is 520 g/mol. The minimum absolute atomic E-state index is 0.0498. The molecule has 3 fully saturated rings. The Morgan fingerprint density at radius 1 is 1.05 bits per heavy atom. The van der Waals surface area contributed by atoms with Crippen LogP contribution in [-0.4, -0.2) is 24.3 Å². The summed E-state index contributed by atoms with van der Waals surface area (Å²) in [6.07, 6.45) is 18.3. The largest absolute Gasteiger partial charge is 0.504 e. The number of rotatable bonds is 9. The number of hydrogen-bond acceptors (Lipinski definition) is 4. The molecule has 232 valence electrons. The van der Waals surface area contributed by atoms with Gasteiger partial charge in [-0.2, -0.15) is 0 Å². The monoisotopic (exact) mass is 576 g/mol. The Labute approximate surface area is 255 Å². The van der Waals surface area contributed by atoms with Crippen molar-refractivity contribution >= 4 is 12.0 Å². The van der Waals surface area contributed by atoms with E-state index >= 15 is 0 Å². The van der Waals surface area contributed by atoms with Crippen LogP contribution in [0.4, 0.5) is 0 Å². The second-order valence-electron chi connectivity index (χ2n) is 15.3. The number of phenols is 1. The predicted molar refractivity (Wildman–Crippen MR) is 171 cm³/mol. The fourth-order valence-corrected chi connectivity index (χ4v) is 9.93. The van der Waals surface area contributed by atoms with Crippen LogP contribution in [0.15, 0.2) is 35.9 Å². The van der Waals surface area contributed by atoms with Gasteiger partial charge in [-0.25, -0.2) is 4.79 Å². The van der Waals surface area contributed by atoms with Gasteiger partial charge >= 0.3 is 5.97 Å². The minimum Gasteiger partial charge on any atom is -0.504 e. The molecular formula is C38H56O4. The molecule has 4 heteroatoms. The standard InChI is InChI=1S/C38H56O4/c1-24(2)25(3)8-9-26(4)31-14-15-32-30-13-12-28-23-29(18-20-37(28,5)33(30)19-21-38(31,32)6)42-36(40)17-11-27-10-16-34(39)35(22-27)41-7/h10-12,16-17,22,24-26,29-33,39H,8-9,13-15,18-21,23H2,1-7H3/t25-,26+,29-,30-,31+,32-,33-,37-,38+/m0/s1. The zero-order valence-electron chi connectivity index (χ0n) is 27.3. The van der Waals surface area contributed by atoms with Gasteiger partial charge in [-0.05, 0) is 121 Å². The van der Waals surface area contributed by atoms with Crippen molar-refractivity contribution in [2.75, 3.05) is 7.11 Å². The molecule has 0 saturated heterocycles. The minimum atomic E-state index is -0.299. The summed E-state index contributed by atoms with van der Waals surface area (Å²) in [7, 11) is 1.52. The van der Waals surface area contributed by atoms with Crippen LogP contribution >= 0.6 is 0 Å². The number of esters is 1. The quantitative estimate of drug-likeness (QED) is 0.181. The van der Waals surface area contributed by atoms with Crippen molar-refractivity contribution in [3.63, 3.8) is 0 Å². The van der Waals surface area contributed by atoms with E-state index in [1.165, 1.54) is 58.1 Å². The predicted octanol–water partition coefficient (Wildman–Crippen LogP) is 9.61. The normalized spacial score (nSPS) is 35.6. The van der Waals surface area contributed by atoms with Crippen LogP contribution in [0.1, 0.15) is 111 Å². The van der Waals surface area contributed by atoms with E-state index in [0.29, 0.717) is 11.2 Å². The molecule has 0 unspecified atom stereocenters. The second-order valence-corrected chi connectivity index (χ2v) is 15.3. The summed E-state index contributed by atoms with van der Waals surface area (Å²) in [6, 6.07) is 5.04. The van der Waals surface area contributed by atoms with Crippen molar-refractivity contribution in [3.05, 3.63) is 41.5 Å². The molecule has 1 aromatic rings. The number of fused-ring (bicyclic) bond motifs is 5. The molecule has 5 rings (SSSR count). The molecule has 0 aromatic heterocycles. The highest BCUT2D eigenvalue weighted by Crippen LogP contribution is 2.67. The van der Waals surface area contributed by atoms with Crippen LogP contribution in [0.25, 0.3) is 6.08 Å². The summed E-state index contributed by atoms with van der Waals surface area (Å²) in [4.78, 5) is 12.7. The summed E-state index contributed by atoms with van der Waals surface area (Å²) in [5, 5.41) is 9.81. The highest BCUT2D eigenvalue weighted by molar-refractivity contribution is 5.87. The Hall–Kier alpha value is -2.23. The van der Waals surface area contributed by atoms with Gasteiger partial charge < -0.3 is 14.6 Å². The highest BCUT2D eigenvalue weighted by atomic mass is 16.5. The number of carbonyl (C=O) groups is 1. The third-order valence-electron chi connectivity index (χ3n) is 12.9. The van der Waals surface area contributed by atoms with Crippen LogP contribution in [0.3, 0.4) is 0 Å². The van der Waals surface area contributed by atoms with Gasteiger partial charge in [0.15, 0.2) is 11.5 Å². The molecule has 9 atom stereocenters. The molecule has 0 aliphatic heterocycles. The van der Waals surface area contributed by atoms with Gasteiger partial charge in [0.05, 0.1) is 7.11 Å². The summed E-state index contributed by atoms with van der Waals surface area (Å²) < 4.78 is 11.1. The van der Waals surface area contributed by atoms with Gasteiger partial charge in [-0.1, -0.05) is 72.1 Å². The van der Waals surface area contributed by atoms with Crippen molar-refractivity contribution < 1.29 is 19.4 Å². The summed E-state index contributed by atoms with van der Waals surface area (Å²) >= 11 is 0. The van der Waals surface area contributed by atoms with Gasteiger partial charge in [-0.3, -0.25) is 0 Å². The van der Waals surface area contributed by atoms with Gasteiger partial charge in [0.25, 0.3) is 0 Å². The first-order chi connectivity index (χ1) is 20.0. The van der Waals surface area contributed by atoms with Crippen LogP contribution in [0.5, 0.6) is 11.5 Å². The molecule has 3 saturated carbocycles. The average molecular weight is 577 g/mol. The van der Waals surface area contributed by atoms with E-state index in [9.17, 15) is 9.90 Å². The van der Waals surface area contributed by atoms with E-state index in [1.54, 1.807) is 29.8 Å². The lowest BCUT2D eigenvalue weighted by Gasteiger charge is -2.58. The first-order valence-electron chi connectivity index (χ1n) is 16.9. The van der Waals surface area contributed by atoms with E-state index in [1.807, 2.05) is 0 Å². The van der Waals surface area contributed by atoms with E-state index in [2.05, 4.69) is 47.6 Å². The van der Waals surface area contributed by atoms with Crippen molar-refractivity contribution in [3.8, 4) is 11.5 Å². The molecule has 4 aliphatic carbocycles. The number of hydrogen-bond donors (Lipinski definition) is 1. The number of phenolic OH excluding ortho intramolecular Hbond substituents is 1.